The summed E-state index contributed by atoms with van der Waals surface area (Å²) < 4.78 is 4.95. The van der Waals surface area contributed by atoms with Crippen LogP contribution in [0, 0.1) is 0 Å². The molecular formula is C10H14N2O2. The van der Waals surface area contributed by atoms with Crippen LogP contribution < -0.4 is 11.5 Å². The third-order valence-electron chi connectivity index (χ3n) is 1.96. The van der Waals surface area contributed by atoms with E-state index in [0.717, 1.165) is 11.1 Å². The van der Waals surface area contributed by atoms with Crippen molar-refractivity contribution in [1.29, 1.82) is 0 Å². The summed E-state index contributed by atoms with van der Waals surface area (Å²) in [6.07, 6.45) is 0. The topological polar surface area (TPSA) is 78.3 Å². The molecule has 14 heavy (non-hydrogen) atoms. The number of primary amides is 1. The van der Waals surface area contributed by atoms with Gasteiger partial charge >= 0.3 is 0 Å². The third kappa shape index (κ3) is 2.55. The minimum absolute atomic E-state index is 0.524. The summed E-state index contributed by atoms with van der Waals surface area (Å²) >= 11 is 0. The second-order valence-electron chi connectivity index (χ2n) is 3.05. The van der Waals surface area contributed by atoms with Crippen LogP contribution in [0.15, 0.2) is 24.3 Å². The lowest BCUT2D eigenvalue weighted by Crippen LogP contribution is -2.28. The van der Waals surface area contributed by atoms with Crippen molar-refractivity contribution in [3.05, 3.63) is 35.4 Å². The maximum Gasteiger partial charge on any atom is 0.238 e. The zero-order valence-electron chi connectivity index (χ0n) is 8.07. The first-order chi connectivity index (χ1) is 6.65. The van der Waals surface area contributed by atoms with Crippen molar-refractivity contribution in [1.82, 2.24) is 0 Å². The molecular weight excluding hydrogens is 180 g/mol. The van der Waals surface area contributed by atoms with Crippen LogP contribution in [0.2, 0.25) is 0 Å². The van der Waals surface area contributed by atoms with E-state index < -0.39 is 11.9 Å². The molecule has 0 saturated carbocycles. The normalized spacial score (nSPS) is 12.4. The number of rotatable bonds is 4. The predicted octanol–water partition coefficient (Wildman–Crippen LogP) is 0.318. The van der Waals surface area contributed by atoms with E-state index in [-0.39, 0.29) is 0 Å². The van der Waals surface area contributed by atoms with Crippen LogP contribution >= 0.6 is 0 Å². The van der Waals surface area contributed by atoms with Crippen molar-refractivity contribution in [3.8, 4) is 0 Å². The molecule has 1 aromatic carbocycles. The van der Waals surface area contributed by atoms with Crippen molar-refractivity contribution in [2.24, 2.45) is 11.5 Å². The Hall–Kier alpha value is -1.39. The van der Waals surface area contributed by atoms with Crippen LogP contribution in [0.4, 0.5) is 0 Å². The number of benzene rings is 1. The molecule has 4 nitrogen and oxygen atoms in total. The van der Waals surface area contributed by atoms with E-state index in [1.165, 1.54) is 0 Å². The van der Waals surface area contributed by atoms with Crippen molar-refractivity contribution >= 4 is 5.91 Å². The lowest BCUT2D eigenvalue weighted by atomic mass is 10.1. The van der Waals surface area contributed by atoms with E-state index >= 15 is 0 Å². The Kier molecular flexibility index (Phi) is 3.62. The van der Waals surface area contributed by atoms with Gasteiger partial charge in [0.25, 0.3) is 0 Å². The van der Waals surface area contributed by atoms with Crippen LogP contribution in [-0.4, -0.2) is 13.0 Å². The molecule has 0 aromatic heterocycles. The number of hydrogen-bond donors (Lipinski definition) is 2. The third-order valence-corrected chi connectivity index (χ3v) is 1.96. The van der Waals surface area contributed by atoms with Crippen LogP contribution in [0.25, 0.3) is 0 Å². The minimum atomic E-state index is -0.730. The number of amides is 1. The number of nitrogens with two attached hydrogens (primary N) is 2. The first-order valence-corrected chi connectivity index (χ1v) is 4.28. The van der Waals surface area contributed by atoms with Gasteiger partial charge in [0, 0.05) is 7.11 Å². The second kappa shape index (κ2) is 4.74. The Balaban J connectivity index is 2.77. The summed E-state index contributed by atoms with van der Waals surface area (Å²) in [7, 11) is 1.63. The summed E-state index contributed by atoms with van der Waals surface area (Å²) in [5.41, 5.74) is 12.4. The largest absolute Gasteiger partial charge is 0.380 e. The molecule has 0 saturated heterocycles. The van der Waals surface area contributed by atoms with E-state index in [9.17, 15) is 4.79 Å². The average molecular weight is 194 g/mol. The Morgan fingerprint density at radius 1 is 1.43 bits per heavy atom. The molecule has 1 unspecified atom stereocenters. The Bertz CT molecular complexity index is 308. The highest BCUT2D eigenvalue weighted by Crippen LogP contribution is 2.11. The van der Waals surface area contributed by atoms with E-state index in [2.05, 4.69) is 0 Å². The molecule has 0 bridgehead atoms. The summed E-state index contributed by atoms with van der Waals surface area (Å²) in [4.78, 5) is 10.8. The number of methoxy groups -OCH3 is 1. The summed E-state index contributed by atoms with van der Waals surface area (Å²) in [6.45, 7) is 0.548. The summed E-state index contributed by atoms with van der Waals surface area (Å²) in [5, 5.41) is 0. The smallest absolute Gasteiger partial charge is 0.238 e. The van der Waals surface area contributed by atoms with Crippen LogP contribution in [0.3, 0.4) is 0 Å². The number of carbonyl (C=O) groups is 1. The van der Waals surface area contributed by atoms with Crippen molar-refractivity contribution in [2.75, 3.05) is 7.11 Å². The highest BCUT2D eigenvalue weighted by molar-refractivity contribution is 5.81. The lowest BCUT2D eigenvalue weighted by molar-refractivity contribution is -0.119. The maximum atomic E-state index is 10.8. The Labute approximate surface area is 82.8 Å². The van der Waals surface area contributed by atoms with Gasteiger partial charge in [0.1, 0.15) is 6.04 Å². The van der Waals surface area contributed by atoms with Gasteiger partial charge in [0.2, 0.25) is 5.91 Å². The molecule has 0 aliphatic rings. The van der Waals surface area contributed by atoms with Crippen molar-refractivity contribution in [3.63, 3.8) is 0 Å². The second-order valence-corrected chi connectivity index (χ2v) is 3.05. The number of carbonyl (C=O) groups excluding carboxylic acids is 1. The van der Waals surface area contributed by atoms with Crippen LogP contribution in [-0.2, 0) is 16.1 Å². The quantitative estimate of drug-likeness (QED) is 0.724. The monoisotopic (exact) mass is 194 g/mol. The Morgan fingerprint density at radius 2 is 2.00 bits per heavy atom. The molecule has 0 fully saturated rings. The van der Waals surface area contributed by atoms with Gasteiger partial charge in [-0.05, 0) is 11.1 Å². The van der Waals surface area contributed by atoms with Gasteiger partial charge in [-0.15, -0.1) is 0 Å². The van der Waals surface area contributed by atoms with Gasteiger partial charge < -0.3 is 16.2 Å². The number of hydrogen-bond acceptors (Lipinski definition) is 3. The molecule has 0 aliphatic carbocycles. The molecule has 0 aliphatic heterocycles. The van der Waals surface area contributed by atoms with Gasteiger partial charge in [-0.1, -0.05) is 24.3 Å². The van der Waals surface area contributed by atoms with Gasteiger partial charge in [0.05, 0.1) is 6.61 Å². The molecule has 0 heterocycles. The first kappa shape index (κ1) is 10.7. The van der Waals surface area contributed by atoms with Gasteiger partial charge in [-0.25, -0.2) is 0 Å². The molecule has 0 spiro atoms. The van der Waals surface area contributed by atoms with E-state index in [1.54, 1.807) is 19.2 Å². The molecule has 4 heteroatoms. The first-order valence-electron chi connectivity index (χ1n) is 4.28. The molecule has 1 rings (SSSR count). The van der Waals surface area contributed by atoms with Crippen molar-refractivity contribution in [2.45, 2.75) is 12.6 Å². The van der Waals surface area contributed by atoms with Crippen molar-refractivity contribution < 1.29 is 9.53 Å². The fraction of sp³-hybridized carbons (Fsp3) is 0.300. The average Bonchev–Trinajstić information content (AvgIpc) is 2.18. The van der Waals surface area contributed by atoms with Gasteiger partial charge in [-0.2, -0.15) is 0 Å². The standard InChI is InChI=1S/C10H14N2O2/c1-14-6-7-2-4-8(5-3-7)9(11)10(12)13/h2-5,9H,6,11H2,1H3,(H2,12,13). The van der Waals surface area contributed by atoms with Gasteiger partial charge in [0.15, 0.2) is 0 Å². The highest BCUT2D eigenvalue weighted by Gasteiger charge is 2.10. The molecule has 1 aromatic rings. The molecule has 1 amide bonds. The van der Waals surface area contributed by atoms with E-state index in [4.69, 9.17) is 16.2 Å². The number of ether oxygens (including phenoxy) is 1. The highest BCUT2D eigenvalue weighted by atomic mass is 16.5. The van der Waals surface area contributed by atoms with Crippen LogP contribution in [0.5, 0.6) is 0 Å². The fourth-order valence-electron chi connectivity index (χ4n) is 1.15. The summed E-state index contributed by atoms with van der Waals surface area (Å²) in [5.74, 6) is -0.524. The zero-order valence-corrected chi connectivity index (χ0v) is 8.07. The lowest BCUT2D eigenvalue weighted by Gasteiger charge is -2.08. The molecule has 1 atom stereocenters. The fourth-order valence-corrected chi connectivity index (χ4v) is 1.15. The summed E-state index contributed by atoms with van der Waals surface area (Å²) in [6, 6.07) is 6.56. The molecule has 76 valence electrons. The molecule has 4 N–H and O–H groups in total. The zero-order chi connectivity index (χ0) is 10.6. The van der Waals surface area contributed by atoms with Crippen LogP contribution in [0.1, 0.15) is 17.2 Å². The SMILES string of the molecule is COCc1ccc(C(N)C(N)=O)cc1. The van der Waals surface area contributed by atoms with E-state index in [0.29, 0.717) is 6.61 Å². The molecule has 0 radical (unpaired) electrons. The maximum absolute atomic E-state index is 10.8. The Morgan fingerprint density at radius 3 is 2.43 bits per heavy atom. The minimum Gasteiger partial charge on any atom is -0.380 e. The predicted molar refractivity (Wildman–Crippen MR) is 53.3 cm³/mol. The van der Waals surface area contributed by atoms with Gasteiger partial charge in [-0.3, -0.25) is 4.79 Å². The van der Waals surface area contributed by atoms with E-state index in [1.807, 2.05) is 12.1 Å².